The van der Waals surface area contributed by atoms with Crippen molar-refractivity contribution in [1.82, 2.24) is 9.97 Å². The van der Waals surface area contributed by atoms with Gasteiger partial charge in [0.2, 0.25) is 5.91 Å². The Morgan fingerprint density at radius 1 is 1.21 bits per heavy atom. The molecule has 0 bridgehead atoms. The zero-order valence-corrected chi connectivity index (χ0v) is 16.2. The average Bonchev–Trinajstić information content (AvgIpc) is 3.46. The highest BCUT2D eigenvalue weighted by molar-refractivity contribution is 7.22. The number of aromatic amines is 1. The minimum Gasteiger partial charge on any atom is -0.376 e. The van der Waals surface area contributed by atoms with Crippen LogP contribution in [0.5, 0.6) is 0 Å². The van der Waals surface area contributed by atoms with Gasteiger partial charge in [-0.05, 0) is 36.6 Å². The van der Waals surface area contributed by atoms with Gasteiger partial charge in [-0.25, -0.2) is 4.98 Å². The summed E-state index contributed by atoms with van der Waals surface area (Å²) in [5.74, 6) is 0.0549. The number of rotatable bonds is 5. The predicted molar refractivity (Wildman–Crippen MR) is 113 cm³/mol. The lowest BCUT2D eigenvalue weighted by Crippen LogP contribution is -2.38. The summed E-state index contributed by atoms with van der Waals surface area (Å²) in [6.07, 6.45) is 4.40. The van der Waals surface area contributed by atoms with E-state index in [1.54, 1.807) is 11.3 Å². The summed E-state index contributed by atoms with van der Waals surface area (Å²) in [5.41, 5.74) is 3.00. The van der Waals surface area contributed by atoms with Gasteiger partial charge < -0.3 is 9.72 Å². The number of amides is 1. The Kier molecular flexibility index (Phi) is 4.58. The summed E-state index contributed by atoms with van der Waals surface area (Å²) >= 11 is 1.56. The van der Waals surface area contributed by atoms with Crippen molar-refractivity contribution in [3.63, 3.8) is 0 Å². The van der Waals surface area contributed by atoms with Crippen LogP contribution in [0.2, 0.25) is 0 Å². The standard InChI is InChI=1S/C22H21N3O2S/c26-21(12-15-13-23-18-8-2-1-7-17(15)18)25(14-16-6-5-11-27-16)22-24-19-9-3-4-10-20(19)28-22/h1-4,7-10,13,16,23H,5-6,11-12,14H2/t16-/m1/s1. The number of H-pyrrole nitrogens is 1. The minimum absolute atomic E-state index is 0.0549. The maximum Gasteiger partial charge on any atom is 0.233 e. The van der Waals surface area contributed by atoms with E-state index in [1.807, 2.05) is 53.6 Å². The molecule has 28 heavy (non-hydrogen) atoms. The molecule has 2 aromatic heterocycles. The Balaban J connectivity index is 1.46. The maximum atomic E-state index is 13.3. The minimum atomic E-state index is 0.0549. The number of benzene rings is 2. The molecule has 3 heterocycles. The van der Waals surface area contributed by atoms with Crippen molar-refractivity contribution in [2.75, 3.05) is 18.1 Å². The smallest absolute Gasteiger partial charge is 0.233 e. The molecule has 1 aliphatic heterocycles. The van der Waals surface area contributed by atoms with Crippen LogP contribution in [0.15, 0.2) is 54.7 Å². The number of nitrogens with zero attached hydrogens (tertiary/aromatic N) is 2. The number of nitrogens with one attached hydrogen (secondary N) is 1. The fourth-order valence-electron chi connectivity index (χ4n) is 3.79. The summed E-state index contributed by atoms with van der Waals surface area (Å²) in [6, 6.07) is 16.1. The molecule has 0 spiro atoms. The van der Waals surface area contributed by atoms with Gasteiger partial charge in [0.05, 0.1) is 29.3 Å². The third-order valence-electron chi connectivity index (χ3n) is 5.24. The molecule has 4 aromatic rings. The first kappa shape index (κ1) is 17.4. The molecule has 6 heteroatoms. The number of anilines is 1. The summed E-state index contributed by atoms with van der Waals surface area (Å²) in [6.45, 7) is 1.33. The number of hydrogen-bond acceptors (Lipinski definition) is 4. The van der Waals surface area contributed by atoms with Gasteiger partial charge in [-0.3, -0.25) is 9.69 Å². The Labute approximate surface area is 167 Å². The topological polar surface area (TPSA) is 58.2 Å². The first-order chi connectivity index (χ1) is 13.8. The van der Waals surface area contributed by atoms with Gasteiger partial charge in [0.1, 0.15) is 0 Å². The highest BCUT2D eigenvalue weighted by atomic mass is 32.1. The first-order valence-electron chi connectivity index (χ1n) is 9.60. The molecule has 142 valence electrons. The molecule has 2 aromatic carbocycles. The van der Waals surface area contributed by atoms with Crippen molar-refractivity contribution < 1.29 is 9.53 Å². The molecule has 1 atom stereocenters. The zero-order valence-electron chi connectivity index (χ0n) is 15.4. The van der Waals surface area contributed by atoms with Gasteiger partial charge in [0, 0.05) is 23.7 Å². The van der Waals surface area contributed by atoms with Gasteiger partial charge in [0.25, 0.3) is 0 Å². The Bertz CT molecular complexity index is 1090. The lowest BCUT2D eigenvalue weighted by Gasteiger charge is -2.23. The Morgan fingerprint density at radius 3 is 2.93 bits per heavy atom. The predicted octanol–water partition coefficient (Wildman–Crippen LogP) is 4.53. The highest BCUT2D eigenvalue weighted by Gasteiger charge is 2.26. The molecule has 1 fully saturated rings. The number of hydrogen-bond donors (Lipinski definition) is 1. The Morgan fingerprint density at radius 2 is 2.07 bits per heavy atom. The molecule has 5 nitrogen and oxygen atoms in total. The summed E-state index contributed by atoms with van der Waals surface area (Å²) < 4.78 is 6.90. The third-order valence-corrected chi connectivity index (χ3v) is 6.30. The molecule has 0 radical (unpaired) electrons. The number of carbonyl (C=O) groups is 1. The summed E-state index contributed by atoms with van der Waals surface area (Å²) in [5, 5.41) is 1.85. The van der Waals surface area contributed by atoms with Gasteiger partial charge >= 0.3 is 0 Å². The van der Waals surface area contributed by atoms with E-state index in [4.69, 9.17) is 9.72 Å². The monoisotopic (exact) mass is 391 g/mol. The quantitative estimate of drug-likeness (QED) is 0.544. The number of fused-ring (bicyclic) bond motifs is 2. The van der Waals surface area contributed by atoms with E-state index in [2.05, 4.69) is 11.1 Å². The van der Waals surface area contributed by atoms with Crippen molar-refractivity contribution in [2.24, 2.45) is 0 Å². The fourth-order valence-corrected chi connectivity index (χ4v) is 4.78. The van der Waals surface area contributed by atoms with Crippen LogP contribution in [0, 0.1) is 0 Å². The van der Waals surface area contributed by atoms with Crippen LogP contribution in [0.3, 0.4) is 0 Å². The van der Waals surface area contributed by atoms with Crippen LogP contribution < -0.4 is 4.90 Å². The lowest BCUT2D eigenvalue weighted by molar-refractivity contribution is -0.118. The van der Waals surface area contributed by atoms with Crippen molar-refractivity contribution in [3.8, 4) is 0 Å². The van der Waals surface area contributed by atoms with Crippen LogP contribution in [-0.4, -0.2) is 35.1 Å². The number of carbonyl (C=O) groups excluding carboxylic acids is 1. The van der Waals surface area contributed by atoms with Crippen LogP contribution in [0.25, 0.3) is 21.1 Å². The van der Waals surface area contributed by atoms with Crippen molar-refractivity contribution in [1.29, 1.82) is 0 Å². The van der Waals surface area contributed by atoms with Crippen LogP contribution in [-0.2, 0) is 16.0 Å². The molecule has 1 saturated heterocycles. The van der Waals surface area contributed by atoms with Crippen LogP contribution in [0.4, 0.5) is 5.13 Å². The second-order valence-corrected chi connectivity index (χ2v) is 8.15. The molecule has 1 N–H and O–H groups in total. The normalized spacial score (nSPS) is 16.8. The third kappa shape index (κ3) is 3.30. The van der Waals surface area contributed by atoms with E-state index in [1.165, 1.54) is 0 Å². The van der Waals surface area contributed by atoms with Gasteiger partial charge in [-0.1, -0.05) is 41.7 Å². The molecular formula is C22H21N3O2S. The van der Waals surface area contributed by atoms with E-state index in [0.29, 0.717) is 13.0 Å². The van der Waals surface area contributed by atoms with Crippen molar-refractivity contribution in [3.05, 3.63) is 60.3 Å². The van der Waals surface area contributed by atoms with Crippen LogP contribution in [0.1, 0.15) is 18.4 Å². The molecule has 0 aliphatic carbocycles. The van der Waals surface area contributed by atoms with Gasteiger partial charge in [0.15, 0.2) is 5.13 Å². The SMILES string of the molecule is O=C(Cc1c[nH]c2ccccc12)N(C[C@H]1CCCO1)c1nc2ccccc2s1. The number of aromatic nitrogens is 2. The molecular weight excluding hydrogens is 370 g/mol. The highest BCUT2D eigenvalue weighted by Crippen LogP contribution is 2.30. The first-order valence-corrected chi connectivity index (χ1v) is 10.4. The van der Waals surface area contributed by atoms with Gasteiger partial charge in [-0.2, -0.15) is 0 Å². The van der Waals surface area contributed by atoms with Crippen molar-refractivity contribution in [2.45, 2.75) is 25.4 Å². The molecule has 0 saturated carbocycles. The molecule has 5 rings (SSSR count). The second-order valence-electron chi connectivity index (χ2n) is 7.14. The number of ether oxygens (including phenoxy) is 1. The summed E-state index contributed by atoms with van der Waals surface area (Å²) in [7, 11) is 0. The van der Waals surface area contributed by atoms with Gasteiger partial charge in [-0.15, -0.1) is 0 Å². The average molecular weight is 391 g/mol. The number of thiazole rings is 1. The second kappa shape index (κ2) is 7.37. The largest absolute Gasteiger partial charge is 0.376 e. The Hall–Kier alpha value is -2.70. The van der Waals surface area contributed by atoms with E-state index < -0.39 is 0 Å². The zero-order chi connectivity index (χ0) is 18.9. The fraction of sp³-hybridized carbons (Fsp3) is 0.273. The van der Waals surface area contributed by atoms with Crippen molar-refractivity contribution >= 4 is 43.5 Å². The molecule has 1 amide bonds. The van der Waals surface area contributed by atoms with E-state index >= 15 is 0 Å². The van der Waals surface area contributed by atoms with E-state index in [-0.39, 0.29) is 12.0 Å². The summed E-state index contributed by atoms with van der Waals surface area (Å²) in [4.78, 5) is 23.2. The van der Waals surface area contributed by atoms with E-state index in [9.17, 15) is 4.79 Å². The maximum absolute atomic E-state index is 13.3. The molecule has 1 aliphatic rings. The number of para-hydroxylation sites is 2. The lowest BCUT2D eigenvalue weighted by atomic mass is 10.1. The van der Waals surface area contributed by atoms with Crippen LogP contribution >= 0.6 is 11.3 Å². The molecule has 0 unspecified atom stereocenters. The van der Waals surface area contributed by atoms with E-state index in [0.717, 1.165) is 51.3 Å².